The van der Waals surface area contributed by atoms with Crippen molar-refractivity contribution in [2.45, 2.75) is 45.1 Å². The quantitative estimate of drug-likeness (QED) is 0.640. The van der Waals surface area contributed by atoms with Gasteiger partial charge in [-0.05, 0) is 12.8 Å². The van der Waals surface area contributed by atoms with E-state index in [2.05, 4.69) is 11.7 Å². The van der Waals surface area contributed by atoms with Gasteiger partial charge in [0.15, 0.2) is 0 Å². The zero-order valence-corrected chi connectivity index (χ0v) is 8.22. The van der Waals surface area contributed by atoms with E-state index in [0.717, 1.165) is 19.3 Å². The van der Waals surface area contributed by atoms with Crippen LogP contribution in [0.2, 0.25) is 0 Å². The number of nitrogens with two attached hydrogens (primary N) is 1. The lowest BCUT2D eigenvalue weighted by Crippen LogP contribution is -2.41. The maximum absolute atomic E-state index is 11.0. The molecule has 2 N–H and O–H groups in total. The molecule has 1 unspecified atom stereocenters. The monoisotopic (exact) mass is 173 g/mol. The van der Waals surface area contributed by atoms with Gasteiger partial charge in [0.1, 0.15) is 0 Å². The van der Waals surface area contributed by atoms with Crippen molar-refractivity contribution < 1.29 is 9.53 Å². The molecule has 0 aromatic rings. The van der Waals surface area contributed by atoms with Crippen LogP contribution in [0.15, 0.2) is 0 Å². The van der Waals surface area contributed by atoms with E-state index in [1.807, 2.05) is 6.92 Å². The van der Waals surface area contributed by atoms with Gasteiger partial charge >= 0.3 is 5.97 Å². The highest BCUT2D eigenvalue weighted by Gasteiger charge is 2.25. The van der Waals surface area contributed by atoms with Crippen LogP contribution in [0.4, 0.5) is 0 Å². The first-order valence-corrected chi connectivity index (χ1v) is 4.43. The summed E-state index contributed by atoms with van der Waals surface area (Å²) in [6.45, 7) is 4.06. The molecule has 3 heteroatoms. The smallest absolute Gasteiger partial charge is 0.307 e. The van der Waals surface area contributed by atoms with E-state index in [1.165, 1.54) is 7.11 Å². The van der Waals surface area contributed by atoms with Crippen molar-refractivity contribution >= 4 is 5.97 Å². The van der Waals surface area contributed by atoms with Gasteiger partial charge in [0, 0.05) is 5.54 Å². The van der Waals surface area contributed by atoms with Crippen LogP contribution < -0.4 is 5.73 Å². The average Bonchev–Trinajstić information content (AvgIpc) is 2.05. The van der Waals surface area contributed by atoms with Crippen LogP contribution in [0, 0.1) is 0 Å². The van der Waals surface area contributed by atoms with E-state index in [0.29, 0.717) is 6.42 Å². The van der Waals surface area contributed by atoms with Gasteiger partial charge in [-0.2, -0.15) is 0 Å². The SMILES string of the molecule is CCCC(N)(CC)CC(=O)OC. The Labute approximate surface area is 74.3 Å². The molecule has 0 amide bonds. The Hall–Kier alpha value is -0.570. The second kappa shape index (κ2) is 5.14. The lowest BCUT2D eigenvalue weighted by atomic mass is 9.88. The number of methoxy groups -OCH3 is 1. The minimum atomic E-state index is -0.359. The Morgan fingerprint density at radius 3 is 2.42 bits per heavy atom. The average molecular weight is 173 g/mol. The van der Waals surface area contributed by atoms with Gasteiger partial charge in [0.05, 0.1) is 13.5 Å². The number of hydrogen-bond acceptors (Lipinski definition) is 3. The van der Waals surface area contributed by atoms with E-state index >= 15 is 0 Å². The number of ether oxygens (including phenoxy) is 1. The number of rotatable bonds is 5. The van der Waals surface area contributed by atoms with Crippen LogP contribution in [-0.2, 0) is 9.53 Å². The molecule has 0 aromatic carbocycles. The summed E-state index contributed by atoms with van der Waals surface area (Å²) >= 11 is 0. The Kier molecular flexibility index (Phi) is 4.90. The summed E-state index contributed by atoms with van der Waals surface area (Å²) in [4.78, 5) is 11.0. The Bertz CT molecular complexity index is 147. The molecule has 0 saturated carbocycles. The normalized spacial score (nSPS) is 15.3. The fourth-order valence-corrected chi connectivity index (χ4v) is 1.25. The highest BCUT2D eigenvalue weighted by molar-refractivity contribution is 5.70. The molecule has 0 aliphatic carbocycles. The molecule has 0 aliphatic heterocycles. The first-order valence-electron chi connectivity index (χ1n) is 4.43. The van der Waals surface area contributed by atoms with Crippen LogP contribution >= 0.6 is 0 Å². The summed E-state index contributed by atoms with van der Waals surface area (Å²) < 4.78 is 4.58. The predicted molar refractivity (Wildman–Crippen MR) is 48.8 cm³/mol. The van der Waals surface area contributed by atoms with Gasteiger partial charge in [-0.25, -0.2) is 0 Å². The van der Waals surface area contributed by atoms with Crippen LogP contribution in [0.5, 0.6) is 0 Å². The molecular weight excluding hydrogens is 154 g/mol. The van der Waals surface area contributed by atoms with Gasteiger partial charge in [0.2, 0.25) is 0 Å². The molecule has 0 radical (unpaired) electrons. The number of hydrogen-bond donors (Lipinski definition) is 1. The first kappa shape index (κ1) is 11.4. The lowest BCUT2D eigenvalue weighted by molar-refractivity contribution is -0.142. The molecule has 0 aromatic heterocycles. The summed E-state index contributed by atoms with van der Waals surface area (Å²) in [6, 6.07) is 0. The molecule has 12 heavy (non-hydrogen) atoms. The van der Waals surface area contributed by atoms with Crippen molar-refractivity contribution in [2.75, 3.05) is 7.11 Å². The third-order valence-electron chi connectivity index (χ3n) is 2.18. The van der Waals surface area contributed by atoms with Crippen molar-refractivity contribution in [2.24, 2.45) is 5.73 Å². The molecule has 0 fully saturated rings. The van der Waals surface area contributed by atoms with Gasteiger partial charge in [0.25, 0.3) is 0 Å². The Morgan fingerprint density at radius 1 is 1.50 bits per heavy atom. The van der Waals surface area contributed by atoms with Crippen molar-refractivity contribution in [3.63, 3.8) is 0 Å². The minimum Gasteiger partial charge on any atom is -0.469 e. The summed E-state index contributed by atoms with van der Waals surface area (Å²) in [6.07, 6.45) is 3.02. The fourth-order valence-electron chi connectivity index (χ4n) is 1.25. The van der Waals surface area contributed by atoms with E-state index < -0.39 is 0 Å². The summed E-state index contributed by atoms with van der Waals surface area (Å²) in [5.74, 6) is -0.215. The van der Waals surface area contributed by atoms with Gasteiger partial charge in [-0.15, -0.1) is 0 Å². The zero-order chi connectivity index (χ0) is 9.61. The van der Waals surface area contributed by atoms with Crippen molar-refractivity contribution in [1.29, 1.82) is 0 Å². The molecule has 3 nitrogen and oxygen atoms in total. The lowest BCUT2D eigenvalue weighted by Gasteiger charge is -2.26. The van der Waals surface area contributed by atoms with Crippen LogP contribution in [-0.4, -0.2) is 18.6 Å². The van der Waals surface area contributed by atoms with Crippen molar-refractivity contribution in [3.8, 4) is 0 Å². The standard InChI is InChI=1S/C9H19NO2/c1-4-6-9(10,5-2)7-8(11)12-3/h4-7,10H2,1-3H3. The van der Waals surface area contributed by atoms with E-state index in [-0.39, 0.29) is 11.5 Å². The fraction of sp³-hybridized carbons (Fsp3) is 0.889. The number of carbonyl (C=O) groups is 1. The summed E-state index contributed by atoms with van der Waals surface area (Å²) in [5, 5.41) is 0. The Balaban J connectivity index is 4.03. The third-order valence-corrected chi connectivity index (χ3v) is 2.18. The second-order valence-electron chi connectivity index (χ2n) is 3.22. The molecule has 0 rings (SSSR count). The molecular formula is C9H19NO2. The molecule has 0 bridgehead atoms. The summed E-state index contributed by atoms with van der Waals surface area (Å²) in [5.41, 5.74) is 5.62. The maximum Gasteiger partial charge on any atom is 0.307 e. The zero-order valence-electron chi connectivity index (χ0n) is 8.22. The summed E-state index contributed by atoms with van der Waals surface area (Å²) in [7, 11) is 1.39. The van der Waals surface area contributed by atoms with E-state index in [4.69, 9.17) is 5.73 Å². The third kappa shape index (κ3) is 3.72. The van der Waals surface area contributed by atoms with Crippen LogP contribution in [0.3, 0.4) is 0 Å². The maximum atomic E-state index is 11.0. The van der Waals surface area contributed by atoms with E-state index in [9.17, 15) is 4.79 Å². The second-order valence-corrected chi connectivity index (χ2v) is 3.22. The number of carbonyl (C=O) groups excluding carboxylic acids is 1. The van der Waals surface area contributed by atoms with Gasteiger partial charge < -0.3 is 10.5 Å². The van der Waals surface area contributed by atoms with E-state index in [1.54, 1.807) is 0 Å². The topological polar surface area (TPSA) is 52.3 Å². The highest BCUT2D eigenvalue weighted by Crippen LogP contribution is 2.18. The minimum absolute atomic E-state index is 0.215. The Morgan fingerprint density at radius 2 is 2.08 bits per heavy atom. The van der Waals surface area contributed by atoms with Gasteiger partial charge in [-0.1, -0.05) is 20.3 Å². The van der Waals surface area contributed by atoms with Crippen molar-refractivity contribution in [1.82, 2.24) is 0 Å². The largest absolute Gasteiger partial charge is 0.469 e. The molecule has 0 spiro atoms. The van der Waals surface area contributed by atoms with Crippen molar-refractivity contribution in [3.05, 3.63) is 0 Å². The first-order chi connectivity index (χ1) is 5.58. The van der Waals surface area contributed by atoms with Crippen LogP contribution in [0.25, 0.3) is 0 Å². The number of esters is 1. The molecule has 1 atom stereocenters. The molecule has 0 saturated heterocycles. The van der Waals surface area contributed by atoms with Crippen LogP contribution in [0.1, 0.15) is 39.5 Å². The highest BCUT2D eigenvalue weighted by atomic mass is 16.5. The predicted octanol–water partition coefficient (Wildman–Crippen LogP) is 1.46. The molecule has 0 aliphatic rings. The van der Waals surface area contributed by atoms with Gasteiger partial charge in [-0.3, -0.25) is 4.79 Å². The molecule has 0 heterocycles. The molecule has 72 valence electrons.